The Morgan fingerprint density at radius 1 is 1.06 bits per heavy atom. The van der Waals surface area contributed by atoms with Crippen molar-refractivity contribution in [3.05, 3.63) is 54.6 Å². The first kappa shape index (κ1) is 9.09. The molecule has 0 saturated heterocycles. The molecule has 2 aromatic heterocycles. The molecule has 0 bridgehead atoms. The Balaban J connectivity index is 2.22. The Labute approximate surface area is 91.8 Å². The molecule has 0 spiro atoms. The maximum absolute atomic E-state index is 13.4. The lowest BCUT2D eigenvalue weighted by Gasteiger charge is -2.00. The highest BCUT2D eigenvalue weighted by atomic mass is 19.1. The van der Waals surface area contributed by atoms with Gasteiger partial charge in [-0.3, -0.25) is 0 Å². The van der Waals surface area contributed by atoms with Gasteiger partial charge in [-0.2, -0.15) is 0 Å². The summed E-state index contributed by atoms with van der Waals surface area (Å²) >= 11 is 0. The zero-order valence-electron chi connectivity index (χ0n) is 8.44. The second-order valence-corrected chi connectivity index (χ2v) is 3.62. The molecule has 2 heterocycles. The fourth-order valence-electron chi connectivity index (χ4n) is 1.76. The summed E-state index contributed by atoms with van der Waals surface area (Å²) in [4.78, 5) is 6.96. The molecule has 0 aliphatic rings. The molecule has 1 aromatic carbocycles. The third-order valence-electron chi connectivity index (χ3n) is 2.59. The summed E-state index contributed by atoms with van der Waals surface area (Å²) in [7, 11) is 0. The molecule has 0 radical (unpaired) electrons. The topological polar surface area (TPSA) is 28.7 Å². The standard InChI is InChI=1S/C13H9FN2/c14-12-8-16-13-11(12)6-10(7-15-13)9-4-2-1-3-5-9/h1-8H,(H,15,16). The molecule has 1 N–H and O–H groups in total. The largest absolute Gasteiger partial charge is 0.343 e. The van der Waals surface area contributed by atoms with E-state index in [1.54, 1.807) is 6.20 Å². The molecule has 0 atom stereocenters. The van der Waals surface area contributed by atoms with Crippen molar-refractivity contribution in [2.45, 2.75) is 0 Å². The molecule has 3 heteroatoms. The van der Waals surface area contributed by atoms with Gasteiger partial charge in [0.15, 0.2) is 0 Å². The van der Waals surface area contributed by atoms with E-state index >= 15 is 0 Å². The number of nitrogens with one attached hydrogen (secondary N) is 1. The minimum absolute atomic E-state index is 0.264. The summed E-state index contributed by atoms with van der Waals surface area (Å²) in [5, 5.41) is 0.529. The van der Waals surface area contributed by atoms with Gasteiger partial charge in [-0.1, -0.05) is 30.3 Å². The van der Waals surface area contributed by atoms with Gasteiger partial charge in [0.05, 0.1) is 5.39 Å². The van der Waals surface area contributed by atoms with Crippen molar-refractivity contribution in [2.75, 3.05) is 0 Å². The molecular weight excluding hydrogens is 203 g/mol. The highest BCUT2D eigenvalue weighted by Gasteiger charge is 2.05. The molecule has 0 saturated carbocycles. The predicted molar refractivity (Wildman–Crippen MR) is 61.5 cm³/mol. The normalized spacial score (nSPS) is 10.8. The van der Waals surface area contributed by atoms with Crippen LogP contribution in [0.1, 0.15) is 0 Å². The van der Waals surface area contributed by atoms with Gasteiger partial charge in [0.2, 0.25) is 0 Å². The fraction of sp³-hybridized carbons (Fsp3) is 0. The Morgan fingerprint density at radius 2 is 1.88 bits per heavy atom. The quantitative estimate of drug-likeness (QED) is 0.658. The summed E-state index contributed by atoms with van der Waals surface area (Å²) in [6.07, 6.45) is 3.07. The Kier molecular flexibility index (Phi) is 1.96. The van der Waals surface area contributed by atoms with E-state index in [4.69, 9.17) is 0 Å². The van der Waals surface area contributed by atoms with Crippen LogP contribution in [0.15, 0.2) is 48.8 Å². The van der Waals surface area contributed by atoms with Gasteiger partial charge in [-0.05, 0) is 11.6 Å². The third-order valence-corrected chi connectivity index (χ3v) is 2.59. The van der Waals surface area contributed by atoms with E-state index in [2.05, 4.69) is 9.97 Å². The molecular formula is C13H9FN2. The van der Waals surface area contributed by atoms with E-state index in [9.17, 15) is 4.39 Å². The highest BCUT2D eigenvalue weighted by Crippen LogP contribution is 2.23. The number of H-pyrrole nitrogens is 1. The molecule has 3 rings (SSSR count). The van der Waals surface area contributed by atoms with Crippen molar-refractivity contribution in [3.63, 3.8) is 0 Å². The number of pyridine rings is 1. The van der Waals surface area contributed by atoms with Crippen LogP contribution in [0.4, 0.5) is 4.39 Å². The second-order valence-electron chi connectivity index (χ2n) is 3.62. The lowest BCUT2D eigenvalue weighted by molar-refractivity contribution is 0.639. The SMILES string of the molecule is Fc1c[nH]c2ncc(-c3ccccc3)cc12. The average Bonchev–Trinajstić information content (AvgIpc) is 2.72. The van der Waals surface area contributed by atoms with Crippen LogP contribution in [0, 0.1) is 5.82 Å². The third kappa shape index (κ3) is 1.37. The summed E-state index contributed by atoms with van der Waals surface area (Å²) in [6, 6.07) is 11.6. The number of hydrogen-bond donors (Lipinski definition) is 1. The minimum Gasteiger partial charge on any atom is -0.343 e. The molecule has 16 heavy (non-hydrogen) atoms. The second kappa shape index (κ2) is 3.45. The van der Waals surface area contributed by atoms with Crippen LogP contribution in [0.25, 0.3) is 22.2 Å². The predicted octanol–water partition coefficient (Wildman–Crippen LogP) is 3.37. The van der Waals surface area contributed by atoms with Gasteiger partial charge in [0, 0.05) is 18.0 Å². The molecule has 2 nitrogen and oxygen atoms in total. The molecule has 0 amide bonds. The maximum Gasteiger partial charge on any atom is 0.150 e. The zero-order valence-corrected chi connectivity index (χ0v) is 8.44. The number of hydrogen-bond acceptors (Lipinski definition) is 1. The van der Waals surface area contributed by atoms with E-state index in [1.165, 1.54) is 6.20 Å². The molecule has 0 fully saturated rings. The summed E-state index contributed by atoms with van der Waals surface area (Å²) in [6.45, 7) is 0. The van der Waals surface area contributed by atoms with Crippen LogP contribution < -0.4 is 0 Å². The maximum atomic E-state index is 13.4. The lowest BCUT2D eigenvalue weighted by atomic mass is 10.1. The fourth-order valence-corrected chi connectivity index (χ4v) is 1.76. The number of halogens is 1. The molecule has 0 aliphatic carbocycles. The Morgan fingerprint density at radius 3 is 2.69 bits per heavy atom. The Bertz CT molecular complexity index is 629. The number of rotatable bonds is 1. The lowest BCUT2D eigenvalue weighted by Crippen LogP contribution is -1.81. The smallest absolute Gasteiger partial charge is 0.150 e. The molecule has 78 valence electrons. The first-order chi connectivity index (χ1) is 7.84. The molecule has 0 unspecified atom stereocenters. The van der Waals surface area contributed by atoms with Crippen LogP contribution in [-0.4, -0.2) is 9.97 Å². The van der Waals surface area contributed by atoms with Crippen LogP contribution in [-0.2, 0) is 0 Å². The van der Waals surface area contributed by atoms with Gasteiger partial charge in [-0.15, -0.1) is 0 Å². The average molecular weight is 212 g/mol. The van der Waals surface area contributed by atoms with E-state index in [1.807, 2.05) is 36.4 Å². The van der Waals surface area contributed by atoms with Crippen molar-refractivity contribution in [1.82, 2.24) is 9.97 Å². The van der Waals surface area contributed by atoms with Crippen LogP contribution in [0.5, 0.6) is 0 Å². The minimum atomic E-state index is -0.264. The summed E-state index contributed by atoms with van der Waals surface area (Å²) < 4.78 is 13.4. The zero-order chi connectivity index (χ0) is 11.0. The van der Waals surface area contributed by atoms with Crippen molar-refractivity contribution >= 4 is 11.0 Å². The first-order valence-corrected chi connectivity index (χ1v) is 5.02. The van der Waals surface area contributed by atoms with Crippen molar-refractivity contribution in [1.29, 1.82) is 0 Å². The van der Waals surface area contributed by atoms with Gasteiger partial charge in [0.1, 0.15) is 11.5 Å². The Hall–Kier alpha value is -2.16. The number of nitrogens with zero attached hydrogens (tertiary/aromatic N) is 1. The van der Waals surface area contributed by atoms with E-state index in [0.717, 1.165) is 11.1 Å². The monoisotopic (exact) mass is 212 g/mol. The van der Waals surface area contributed by atoms with Crippen LogP contribution in [0.2, 0.25) is 0 Å². The number of fused-ring (bicyclic) bond motifs is 1. The van der Waals surface area contributed by atoms with Crippen molar-refractivity contribution in [3.8, 4) is 11.1 Å². The number of aromatic amines is 1. The van der Waals surface area contributed by atoms with Gasteiger partial charge >= 0.3 is 0 Å². The van der Waals surface area contributed by atoms with E-state index < -0.39 is 0 Å². The highest BCUT2D eigenvalue weighted by molar-refractivity contribution is 5.81. The molecule has 0 aliphatic heterocycles. The van der Waals surface area contributed by atoms with Gasteiger partial charge in [-0.25, -0.2) is 9.37 Å². The van der Waals surface area contributed by atoms with Crippen molar-refractivity contribution < 1.29 is 4.39 Å². The number of aromatic nitrogens is 2. The number of benzene rings is 1. The van der Waals surface area contributed by atoms with E-state index in [0.29, 0.717) is 11.0 Å². The van der Waals surface area contributed by atoms with Gasteiger partial charge < -0.3 is 4.98 Å². The van der Waals surface area contributed by atoms with Gasteiger partial charge in [0.25, 0.3) is 0 Å². The van der Waals surface area contributed by atoms with Crippen molar-refractivity contribution in [2.24, 2.45) is 0 Å². The summed E-state index contributed by atoms with van der Waals surface area (Å²) in [5.41, 5.74) is 2.54. The van der Waals surface area contributed by atoms with Crippen LogP contribution >= 0.6 is 0 Å². The molecule has 3 aromatic rings. The summed E-state index contributed by atoms with van der Waals surface area (Å²) in [5.74, 6) is -0.264. The van der Waals surface area contributed by atoms with E-state index in [-0.39, 0.29) is 5.82 Å². The van der Waals surface area contributed by atoms with Crippen LogP contribution in [0.3, 0.4) is 0 Å². The first-order valence-electron chi connectivity index (χ1n) is 5.02.